The first-order valence-corrected chi connectivity index (χ1v) is 7.40. The Morgan fingerprint density at radius 3 is 2.72 bits per heavy atom. The molecule has 98 valence electrons. The minimum absolute atomic E-state index is 0.174. The van der Waals surface area contributed by atoms with Crippen LogP contribution in [-0.2, 0) is 13.5 Å². The van der Waals surface area contributed by atoms with Crippen molar-refractivity contribution in [2.24, 2.45) is 12.8 Å². The van der Waals surface area contributed by atoms with Crippen molar-refractivity contribution in [3.63, 3.8) is 0 Å². The Labute approximate surface area is 113 Å². The number of nitrogens with zero attached hydrogens (tertiary/aromatic N) is 2. The van der Waals surface area contributed by atoms with Crippen LogP contribution in [-0.4, -0.2) is 26.6 Å². The summed E-state index contributed by atoms with van der Waals surface area (Å²) in [4.78, 5) is 4.65. The molecule has 4 heteroatoms. The van der Waals surface area contributed by atoms with Crippen LogP contribution in [0.1, 0.15) is 19.7 Å². The third kappa shape index (κ3) is 3.06. The molecule has 0 aliphatic rings. The van der Waals surface area contributed by atoms with Gasteiger partial charge in [-0.15, -0.1) is 0 Å². The van der Waals surface area contributed by atoms with E-state index in [1.807, 2.05) is 30.0 Å². The molecule has 0 aliphatic carbocycles. The van der Waals surface area contributed by atoms with Crippen molar-refractivity contribution >= 4 is 22.8 Å². The summed E-state index contributed by atoms with van der Waals surface area (Å²) < 4.78 is 2.15. The summed E-state index contributed by atoms with van der Waals surface area (Å²) in [6.45, 7) is 4.40. The van der Waals surface area contributed by atoms with Gasteiger partial charge in [-0.3, -0.25) is 0 Å². The molecule has 2 aromatic rings. The molecule has 0 spiro atoms. The van der Waals surface area contributed by atoms with Crippen LogP contribution in [0.25, 0.3) is 11.0 Å². The molecule has 3 nitrogen and oxygen atoms in total. The smallest absolute Gasteiger partial charge is 0.111 e. The third-order valence-corrected chi connectivity index (χ3v) is 4.26. The molecule has 0 saturated carbocycles. The quantitative estimate of drug-likeness (QED) is 0.901. The van der Waals surface area contributed by atoms with Gasteiger partial charge in [0.2, 0.25) is 0 Å². The topological polar surface area (TPSA) is 43.8 Å². The summed E-state index contributed by atoms with van der Waals surface area (Å²) >= 11 is 1.91. The molecule has 1 aromatic heterocycles. The largest absolute Gasteiger partial charge is 0.331 e. The number of aromatic nitrogens is 2. The SMILES string of the molecule is CC(C)SCC(N)Cc1nc2ccccc2n1C. The number of benzene rings is 1. The van der Waals surface area contributed by atoms with Gasteiger partial charge in [-0.1, -0.05) is 26.0 Å². The van der Waals surface area contributed by atoms with E-state index in [1.54, 1.807) is 0 Å². The lowest BCUT2D eigenvalue weighted by Gasteiger charge is -2.12. The van der Waals surface area contributed by atoms with Gasteiger partial charge in [-0.05, 0) is 17.4 Å². The molecule has 0 saturated heterocycles. The lowest BCUT2D eigenvalue weighted by atomic mass is 10.2. The van der Waals surface area contributed by atoms with Crippen molar-refractivity contribution < 1.29 is 0 Å². The van der Waals surface area contributed by atoms with Crippen LogP contribution in [0.2, 0.25) is 0 Å². The predicted octanol–water partition coefficient (Wildman–Crippen LogP) is 2.58. The monoisotopic (exact) mass is 263 g/mol. The number of thioether (sulfide) groups is 1. The molecule has 1 aromatic carbocycles. The second kappa shape index (κ2) is 5.76. The van der Waals surface area contributed by atoms with Gasteiger partial charge in [-0.2, -0.15) is 11.8 Å². The molecule has 0 aliphatic heterocycles. The van der Waals surface area contributed by atoms with Crippen molar-refractivity contribution in [3.8, 4) is 0 Å². The second-order valence-electron chi connectivity index (χ2n) is 4.92. The number of para-hydroxylation sites is 2. The Morgan fingerprint density at radius 2 is 2.06 bits per heavy atom. The Kier molecular flexibility index (Phi) is 4.30. The van der Waals surface area contributed by atoms with Crippen LogP contribution in [0.4, 0.5) is 0 Å². The van der Waals surface area contributed by atoms with Crippen molar-refractivity contribution in [3.05, 3.63) is 30.1 Å². The Balaban J connectivity index is 2.09. The summed E-state index contributed by atoms with van der Waals surface area (Å²) in [5.74, 6) is 2.06. The van der Waals surface area contributed by atoms with Crippen molar-refractivity contribution in [2.45, 2.75) is 31.6 Å². The lowest BCUT2D eigenvalue weighted by Crippen LogP contribution is -2.27. The van der Waals surface area contributed by atoms with Gasteiger partial charge in [0.1, 0.15) is 5.82 Å². The van der Waals surface area contributed by atoms with Crippen LogP contribution in [0.15, 0.2) is 24.3 Å². The lowest BCUT2D eigenvalue weighted by molar-refractivity contribution is 0.684. The normalized spacial score (nSPS) is 13.4. The molecule has 1 heterocycles. The highest BCUT2D eigenvalue weighted by molar-refractivity contribution is 7.99. The first-order valence-electron chi connectivity index (χ1n) is 6.35. The number of hydrogen-bond donors (Lipinski definition) is 1. The Hall–Kier alpha value is -1.00. The van der Waals surface area contributed by atoms with Crippen LogP contribution >= 0.6 is 11.8 Å². The molecule has 1 atom stereocenters. The maximum absolute atomic E-state index is 6.17. The molecule has 0 amide bonds. The average Bonchev–Trinajstić information content (AvgIpc) is 2.65. The highest BCUT2D eigenvalue weighted by Crippen LogP contribution is 2.16. The van der Waals surface area contributed by atoms with E-state index in [1.165, 1.54) is 5.52 Å². The van der Waals surface area contributed by atoms with Gasteiger partial charge in [0.15, 0.2) is 0 Å². The fourth-order valence-corrected chi connectivity index (χ4v) is 2.74. The van der Waals surface area contributed by atoms with E-state index < -0.39 is 0 Å². The molecule has 2 rings (SSSR count). The number of imidazole rings is 1. The molecule has 0 bridgehead atoms. The van der Waals surface area contributed by atoms with E-state index in [4.69, 9.17) is 5.73 Å². The average molecular weight is 263 g/mol. The van der Waals surface area contributed by atoms with Crippen LogP contribution in [0.3, 0.4) is 0 Å². The van der Waals surface area contributed by atoms with E-state index in [-0.39, 0.29) is 6.04 Å². The minimum Gasteiger partial charge on any atom is -0.331 e. The van der Waals surface area contributed by atoms with Gasteiger partial charge < -0.3 is 10.3 Å². The zero-order valence-corrected chi connectivity index (χ0v) is 12.1. The number of fused-ring (bicyclic) bond motifs is 1. The van der Waals surface area contributed by atoms with Gasteiger partial charge in [0.05, 0.1) is 11.0 Å². The fraction of sp³-hybridized carbons (Fsp3) is 0.500. The van der Waals surface area contributed by atoms with Gasteiger partial charge in [0.25, 0.3) is 0 Å². The summed E-state index contributed by atoms with van der Waals surface area (Å²) in [6, 6.07) is 8.39. The fourth-order valence-electron chi connectivity index (χ4n) is 1.99. The maximum atomic E-state index is 6.17. The molecular formula is C14H21N3S. The molecule has 1 unspecified atom stereocenters. The van der Waals surface area contributed by atoms with E-state index in [0.29, 0.717) is 5.25 Å². The zero-order valence-electron chi connectivity index (χ0n) is 11.3. The highest BCUT2D eigenvalue weighted by Gasteiger charge is 2.12. The van der Waals surface area contributed by atoms with Crippen LogP contribution in [0.5, 0.6) is 0 Å². The predicted molar refractivity (Wildman–Crippen MR) is 80.0 cm³/mol. The van der Waals surface area contributed by atoms with Gasteiger partial charge >= 0.3 is 0 Å². The third-order valence-electron chi connectivity index (χ3n) is 2.97. The molecular weight excluding hydrogens is 242 g/mol. The van der Waals surface area contributed by atoms with Crippen molar-refractivity contribution in [1.82, 2.24) is 9.55 Å². The summed E-state index contributed by atoms with van der Waals surface area (Å²) in [5.41, 5.74) is 8.40. The van der Waals surface area contributed by atoms with E-state index in [9.17, 15) is 0 Å². The van der Waals surface area contributed by atoms with Gasteiger partial charge in [-0.25, -0.2) is 4.98 Å². The zero-order chi connectivity index (χ0) is 13.1. The van der Waals surface area contributed by atoms with Crippen molar-refractivity contribution in [1.29, 1.82) is 0 Å². The molecule has 18 heavy (non-hydrogen) atoms. The summed E-state index contributed by atoms with van der Waals surface area (Å²) in [6.07, 6.45) is 0.838. The highest BCUT2D eigenvalue weighted by atomic mass is 32.2. The minimum atomic E-state index is 0.174. The van der Waals surface area contributed by atoms with E-state index in [2.05, 4.69) is 36.5 Å². The summed E-state index contributed by atoms with van der Waals surface area (Å²) in [5, 5.41) is 0.636. The first-order chi connectivity index (χ1) is 8.58. The first kappa shape index (κ1) is 13.4. The van der Waals surface area contributed by atoms with Crippen LogP contribution < -0.4 is 5.73 Å². The Bertz CT molecular complexity index is 519. The molecule has 2 N–H and O–H groups in total. The van der Waals surface area contributed by atoms with Gasteiger partial charge in [0, 0.05) is 25.3 Å². The van der Waals surface area contributed by atoms with E-state index >= 15 is 0 Å². The molecule has 0 radical (unpaired) electrons. The Morgan fingerprint density at radius 1 is 1.33 bits per heavy atom. The number of hydrogen-bond acceptors (Lipinski definition) is 3. The second-order valence-corrected chi connectivity index (χ2v) is 6.53. The number of rotatable bonds is 5. The molecule has 0 fully saturated rings. The number of nitrogens with two attached hydrogens (primary N) is 1. The summed E-state index contributed by atoms with van der Waals surface area (Å²) in [7, 11) is 2.06. The van der Waals surface area contributed by atoms with Crippen LogP contribution in [0, 0.1) is 0 Å². The maximum Gasteiger partial charge on any atom is 0.111 e. The standard InChI is InChI=1S/C14H21N3S/c1-10(2)18-9-11(15)8-14-16-12-6-4-5-7-13(12)17(14)3/h4-7,10-11H,8-9,15H2,1-3H3. The van der Waals surface area contributed by atoms with E-state index in [0.717, 1.165) is 23.5 Å². The van der Waals surface area contributed by atoms with Crippen molar-refractivity contribution in [2.75, 3.05) is 5.75 Å². The number of aryl methyl sites for hydroxylation is 1.